The van der Waals surface area contributed by atoms with Crippen molar-refractivity contribution >= 4 is 22.3 Å². The van der Waals surface area contributed by atoms with E-state index in [1.54, 1.807) is 41.5 Å². The Hall–Kier alpha value is -1.55. The minimum atomic E-state index is -3.62. The molecule has 0 aromatic carbocycles. The molecule has 10 heteroatoms. The zero-order valence-electron chi connectivity index (χ0n) is 17.4. The molecular formula is C17H34N2O7S. The minimum Gasteiger partial charge on any atom is -0.444 e. The molecule has 0 bridgehead atoms. The van der Waals surface area contributed by atoms with Crippen molar-refractivity contribution in [3.63, 3.8) is 0 Å². The Morgan fingerprint density at radius 1 is 0.926 bits per heavy atom. The Balaban J connectivity index is 4.38. The molecule has 2 N–H and O–H groups in total. The van der Waals surface area contributed by atoms with Crippen LogP contribution < -0.4 is 10.6 Å². The standard InChI is InChI=1S/C17H34N2O7S/c1-16(2,3)25-14(20)18-11-9-8-10-13(12-24-27(7,22)23)19-15(21)26-17(4,5)6/h13H,8-12H2,1-7H3,(H,18,20)(H,19,21)/t13-/m1/s1. The molecule has 0 rings (SSSR count). The summed E-state index contributed by atoms with van der Waals surface area (Å²) in [6.07, 6.45) is 1.53. The second-order valence-corrected chi connectivity index (χ2v) is 9.90. The van der Waals surface area contributed by atoms with Crippen LogP contribution >= 0.6 is 0 Å². The maximum absolute atomic E-state index is 11.9. The van der Waals surface area contributed by atoms with Gasteiger partial charge in [0.2, 0.25) is 0 Å². The molecular weight excluding hydrogens is 376 g/mol. The molecule has 27 heavy (non-hydrogen) atoms. The van der Waals surface area contributed by atoms with Gasteiger partial charge in [0.25, 0.3) is 10.1 Å². The molecule has 0 saturated carbocycles. The van der Waals surface area contributed by atoms with Crippen LogP contribution in [0.1, 0.15) is 60.8 Å². The van der Waals surface area contributed by atoms with Crippen LogP contribution in [0.15, 0.2) is 0 Å². The normalized spacial score (nSPS) is 13.6. The summed E-state index contributed by atoms with van der Waals surface area (Å²) < 4.78 is 37.5. The van der Waals surface area contributed by atoms with Crippen molar-refractivity contribution in [1.82, 2.24) is 10.6 Å². The van der Waals surface area contributed by atoms with Crippen LogP contribution in [0.2, 0.25) is 0 Å². The lowest BCUT2D eigenvalue weighted by molar-refractivity contribution is 0.0483. The first kappa shape index (κ1) is 25.4. The molecule has 160 valence electrons. The van der Waals surface area contributed by atoms with Crippen molar-refractivity contribution in [3.05, 3.63) is 0 Å². The summed E-state index contributed by atoms with van der Waals surface area (Å²) in [5, 5.41) is 5.25. The number of alkyl carbamates (subject to hydrolysis) is 2. The van der Waals surface area contributed by atoms with E-state index in [1.807, 2.05) is 0 Å². The summed E-state index contributed by atoms with van der Waals surface area (Å²) in [7, 11) is -3.62. The summed E-state index contributed by atoms with van der Waals surface area (Å²) in [4.78, 5) is 23.4. The summed E-state index contributed by atoms with van der Waals surface area (Å²) in [6.45, 7) is 10.8. The van der Waals surface area contributed by atoms with Crippen molar-refractivity contribution in [1.29, 1.82) is 0 Å². The van der Waals surface area contributed by atoms with Gasteiger partial charge in [-0.15, -0.1) is 0 Å². The molecule has 0 aromatic rings. The SMILES string of the molecule is CC(C)(C)OC(=O)NCCCC[C@H](COS(C)(=O)=O)NC(=O)OC(C)(C)C. The molecule has 2 amide bonds. The van der Waals surface area contributed by atoms with E-state index in [-0.39, 0.29) is 6.61 Å². The molecule has 0 unspecified atom stereocenters. The van der Waals surface area contributed by atoms with Gasteiger partial charge in [-0.2, -0.15) is 8.42 Å². The molecule has 0 fully saturated rings. The molecule has 0 saturated heterocycles. The third kappa shape index (κ3) is 17.6. The van der Waals surface area contributed by atoms with E-state index in [2.05, 4.69) is 10.6 Å². The number of nitrogens with one attached hydrogen (secondary N) is 2. The topological polar surface area (TPSA) is 120 Å². The number of unbranched alkanes of at least 4 members (excludes halogenated alkanes) is 1. The zero-order chi connectivity index (χ0) is 21.3. The monoisotopic (exact) mass is 410 g/mol. The van der Waals surface area contributed by atoms with Crippen LogP contribution in [0.4, 0.5) is 9.59 Å². The highest BCUT2D eigenvalue weighted by Crippen LogP contribution is 2.09. The molecule has 0 aliphatic rings. The first-order valence-corrected chi connectivity index (χ1v) is 10.7. The highest BCUT2D eigenvalue weighted by molar-refractivity contribution is 7.85. The predicted octanol–water partition coefficient (Wildman–Crippen LogP) is 2.55. The second-order valence-electron chi connectivity index (χ2n) is 8.26. The molecule has 0 heterocycles. The molecule has 0 aromatic heterocycles. The van der Waals surface area contributed by atoms with Crippen LogP contribution in [0.3, 0.4) is 0 Å². The number of ether oxygens (including phenoxy) is 2. The summed E-state index contributed by atoms with van der Waals surface area (Å²) in [5.41, 5.74) is -1.22. The molecule has 0 aliphatic carbocycles. The Kier molecular flexibility index (Phi) is 10.1. The summed E-state index contributed by atoms with van der Waals surface area (Å²) in [6, 6.07) is -0.531. The van der Waals surface area contributed by atoms with Crippen molar-refractivity contribution in [2.45, 2.75) is 78.0 Å². The first-order chi connectivity index (χ1) is 12.1. The number of hydrogen-bond acceptors (Lipinski definition) is 7. The minimum absolute atomic E-state index is 0.183. The van der Waals surface area contributed by atoms with Gasteiger partial charge in [-0.25, -0.2) is 9.59 Å². The van der Waals surface area contributed by atoms with E-state index in [4.69, 9.17) is 13.7 Å². The zero-order valence-corrected chi connectivity index (χ0v) is 18.2. The third-order valence-corrected chi connectivity index (χ3v) is 3.42. The van der Waals surface area contributed by atoms with E-state index in [1.165, 1.54) is 0 Å². The van der Waals surface area contributed by atoms with E-state index in [9.17, 15) is 18.0 Å². The predicted molar refractivity (Wildman–Crippen MR) is 102 cm³/mol. The van der Waals surface area contributed by atoms with Crippen molar-refractivity contribution in [3.8, 4) is 0 Å². The lowest BCUT2D eigenvalue weighted by atomic mass is 10.1. The average molecular weight is 411 g/mol. The maximum atomic E-state index is 11.9. The van der Waals surface area contributed by atoms with Crippen LogP contribution in [0.25, 0.3) is 0 Å². The summed E-state index contributed by atoms with van der Waals surface area (Å²) >= 11 is 0. The number of hydrogen-bond donors (Lipinski definition) is 2. The third-order valence-electron chi connectivity index (χ3n) is 2.85. The Labute approximate surface area is 162 Å². The number of carbonyl (C=O) groups is 2. The van der Waals surface area contributed by atoms with Crippen LogP contribution in [-0.4, -0.2) is 57.3 Å². The Morgan fingerprint density at radius 3 is 1.93 bits per heavy atom. The van der Waals surface area contributed by atoms with E-state index >= 15 is 0 Å². The van der Waals surface area contributed by atoms with Gasteiger partial charge >= 0.3 is 12.2 Å². The highest BCUT2D eigenvalue weighted by atomic mass is 32.2. The van der Waals surface area contributed by atoms with Crippen LogP contribution in [0.5, 0.6) is 0 Å². The smallest absolute Gasteiger partial charge is 0.407 e. The lowest BCUT2D eigenvalue weighted by Gasteiger charge is -2.23. The summed E-state index contributed by atoms with van der Waals surface area (Å²) in [5.74, 6) is 0. The van der Waals surface area contributed by atoms with Gasteiger partial charge in [0.05, 0.1) is 18.9 Å². The number of rotatable bonds is 9. The highest BCUT2D eigenvalue weighted by Gasteiger charge is 2.21. The van der Waals surface area contributed by atoms with Gasteiger partial charge in [-0.3, -0.25) is 4.18 Å². The first-order valence-electron chi connectivity index (χ1n) is 8.88. The molecule has 0 spiro atoms. The van der Waals surface area contributed by atoms with E-state index in [0.717, 1.165) is 6.26 Å². The fourth-order valence-corrected chi connectivity index (χ4v) is 2.31. The fraction of sp³-hybridized carbons (Fsp3) is 0.882. The molecule has 9 nitrogen and oxygen atoms in total. The van der Waals surface area contributed by atoms with Gasteiger partial charge in [0.1, 0.15) is 11.2 Å². The van der Waals surface area contributed by atoms with Gasteiger partial charge in [0.15, 0.2) is 0 Å². The number of amides is 2. The van der Waals surface area contributed by atoms with Crippen LogP contribution in [-0.2, 0) is 23.8 Å². The van der Waals surface area contributed by atoms with Crippen molar-refractivity contribution in [2.24, 2.45) is 0 Å². The van der Waals surface area contributed by atoms with Gasteiger partial charge in [-0.05, 0) is 60.8 Å². The Morgan fingerprint density at radius 2 is 1.44 bits per heavy atom. The molecule has 0 radical (unpaired) electrons. The quantitative estimate of drug-likeness (QED) is 0.443. The van der Waals surface area contributed by atoms with E-state index < -0.39 is 39.5 Å². The second kappa shape index (κ2) is 10.7. The molecule has 0 aliphatic heterocycles. The van der Waals surface area contributed by atoms with Crippen LogP contribution in [0, 0.1) is 0 Å². The van der Waals surface area contributed by atoms with Gasteiger partial charge in [-0.1, -0.05) is 0 Å². The largest absolute Gasteiger partial charge is 0.444 e. The molecule has 1 atom stereocenters. The van der Waals surface area contributed by atoms with Crippen molar-refractivity contribution in [2.75, 3.05) is 19.4 Å². The van der Waals surface area contributed by atoms with Crippen molar-refractivity contribution < 1.29 is 31.7 Å². The lowest BCUT2D eigenvalue weighted by Crippen LogP contribution is -2.42. The number of carbonyl (C=O) groups excluding carboxylic acids is 2. The maximum Gasteiger partial charge on any atom is 0.407 e. The fourth-order valence-electron chi connectivity index (χ4n) is 1.90. The van der Waals surface area contributed by atoms with Gasteiger partial charge < -0.3 is 20.1 Å². The van der Waals surface area contributed by atoms with E-state index in [0.29, 0.717) is 25.8 Å². The Bertz CT molecular complexity index is 577. The average Bonchev–Trinajstić information content (AvgIpc) is 2.39. The van der Waals surface area contributed by atoms with Gasteiger partial charge in [0, 0.05) is 6.54 Å².